The fourth-order valence-electron chi connectivity index (χ4n) is 1.38. The maximum Gasteiger partial charge on any atom is 0.223 e. The van der Waals surface area contributed by atoms with Crippen molar-refractivity contribution < 1.29 is 9.53 Å². The van der Waals surface area contributed by atoms with Gasteiger partial charge in [0.1, 0.15) is 5.75 Å². The van der Waals surface area contributed by atoms with Gasteiger partial charge in [-0.3, -0.25) is 4.79 Å². The Balaban J connectivity index is 2.22. The molecule has 4 nitrogen and oxygen atoms in total. The van der Waals surface area contributed by atoms with Crippen molar-refractivity contribution >= 4 is 11.6 Å². The molecule has 0 aliphatic carbocycles. The normalized spacial score (nSPS) is 11.1. The van der Waals surface area contributed by atoms with Crippen molar-refractivity contribution in [3.63, 3.8) is 0 Å². The Bertz CT molecular complexity index is 399. The second-order valence-electron chi connectivity index (χ2n) is 5.46. The van der Waals surface area contributed by atoms with Crippen molar-refractivity contribution in [3.05, 3.63) is 24.3 Å². The van der Waals surface area contributed by atoms with Gasteiger partial charge in [-0.25, -0.2) is 0 Å². The van der Waals surface area contributed by atoms with Crippen molar-refractivity contribution in [1.82, 2.24) is 5.32 Å². The van der Waals surface area contributed by atoms with Gasteiger partial charge in [0.05, 0.1) is 13.0 Å². The van der Waals surface area contributed by atoms with Gasteiger partial charge >= 0.3 is 0 Å². The number of amides is 1. The van der Waals surface area contributed by atoms with E-state index in [9.17, 15) is 4.79 Å². The molecule has 1 rings (SSSR count). The molecule has 19 heavy (non-hydrogen) atoms. The Kier molecular flexibility index (Phi) is 5.67. The first-order valence-electron chi connectivity index (χ1n) is 6.68. The highest BCUT2D eigenvalue weighted by Crippen LogP contribution is 2.17. The zero-order valence-electron chi connectivity index (χ0n) is 12.0. The highest BCUT2D eigenvalue weighted by molar-refractivity contribution is 5.76. The fourth-order valence-corrected chi connectivity index (χ4v) is 1.38. The van der Waals surface area contributed by atoms with Crippen molar-refractivity contribution in [1.29, 1.82) is 0 Å². The summed E-state index contributed by atoms with van der Waals surface area (Å²) >= 11 is 0. The molecule has 0 aliphatic heterocycles. The number of carbonyl (C=O) groups is 1. The first-order valence-corrected chi connectivity index (χ1v) is 6.68. The Morgan fingerprint density at radius 3 is 2.53 bits per heavy atom. The minimum absolute atomic E-state index is 0.0250. The number of benzene rings is 1. The van der Waals surface area contributed by atoms with Gasteiger partial charge in [0.15, 0.2) is 0 Å². The average Bonchev–Trinajstić information content (AvgIpc) is 2.39. The molecule has 0 bridgehead atoms. The summed E-state index contributed by atoms with van der Waals surface area (Å²) < 4.78 is 5.47. The van der Waals surface area contributed by atoms with E-state index in [1.807, 2.05) is 0 Å². The third-order valence-electron chi connectivity index (χ3n) is 3.20. The predicted octanol–water partition coefficient (Wildman–Crippen LogP) is 2.59. The lowest BCUT2D eigenvalue weighted by Crippen LogP contribution is -2.34. The molecule has 0 atom stereocenters. The van der Waals surface area contributed by atoms with Crippen LogP contribution in [0, 0.1) is 5.41 Å². The molecule has 1 aromatic rings. The Labute approximate surface area is 115 Å². The number of nitrogen functional groups attached to an aromatic ring is 1. The van der Waals surface area contributed by atoms with Crippen LogP contribution in [0.25, 0.3) is 0 Å². The number of carbonyl (C=O) groups excluding carboxylic acids is 1. The summed E-state index contributed by atoms with van der Waals surface area (Å²) in [5.41, 5.74) is 6.42. The molecule has 0 saturated carbocycles. The summed E-state index contributed by atoms with van der Waals surface area (Å²) in [7, 11) is 0. The molecule has 0 heterocycles. The van der Waals surface area contributed by atoms with Gasteiger partial charge in [0.2, 0.25) is 5.91 Å². The number of nitrogens with two attached hydrogens (primary N) is 1. The van der Waals surface area contributed by atoms with Crippen LogP contribution < -0.4 is 15.8 Å². The number of anilines is 1. The molecule has 0 saturated heterocycles. The number of hydrogen-bond acceptors (Lipinski definition) is 3. The van der Waals surface area contributed by atoms with E-state index < -0.39 is 0 Å². The third-order valence-corrected chi connectivity index (χ3v) is 3.20. The van der Waals surface area contributed by atoms with Gasteiger partial charge in [0.25, 0.3) is 0 Å². The van der Waals surface area contributed by atoms with Crippen molar-refractivity contribution in [2.24, 2.45) is 5.41 Å². The lowest BCUT2D eigenvalue weighted by atomic mass is 9.90. The predicted molar refractivity (Wildman–Crippen MR) is 78.0 cm³/mol. The Morgan fingerprint density at radius 1 is 1.32 bits per heavy atom. The molecular formula is C15H24N2O2. The van der Waals surface area contributed by atoms with Crippen LogP contribution in [0.5, 0.6) is 5.75 Å². The first-order chi connectivity index (χ1) is 8.93. The smallest absolute Gasteiger partial charge is 0.223 e. The molecule has 3 N–H and O–H groups in total. The summed E-state index contributed by atoms with van der Waals surface area (Å²) in [5.74, 6) is 0.757. The van der Waals surface area contributed by atoms with Crippen LogP contribution in [0.3, 0.4) is 0 Å². The van der Waals surface area contributed by atoms with Gasteiger partial charge < -0.3 is 15.8 Å². The van der Waals surface area contributed by atoms with E-state index in [4.69, 9.17) is 10.5 Å². The second-order valence-corrected chi connectivity index (χ2v) is 5.46. The van der Waals surface area contributed by atoms with Crippen molar-refractivity contribution in [3.8, 4) is 5.75 Å². The van der Waals surface area contributed by atoms with Gasteiger partial charge in [0, 0.05) is 12.2 Å². The molecule has 0 aliphatic rings. The molecular weight excluding hydrogens is 240 g/mol. The van der Waals surface area contributed by atoms with Crippen LogP contribution in [0.4, 0.5) is 5.69 Å². The van der Waals surface area contributed by atoms with Crippen LogP contribution in [0.1, 0.15) is 33.6 Å². The van der Waals surface area contributed by atoms with E-state index in [1.54, 1.807) is 24.3 Å². The number of ether oxygens (including phenoxy) is 1. The minimum Gasteiger partial charge on any atom is -0.493 e. The van der Waals surface area contributed by atoms with E-state index in [1.165, 1.54) is 0 Å². The van der Waals surface area contributed by atoms with E-state index in [-0.39, 0.29) is 11.3 Å². The summed E-state index contributed by atoms with van der Waals surface area (Å²) in [6.45, 7) is 7.47. The van der Waals surface area contributed by atoms with Gasteiger partial charge in [-0.2, -0.15) is 0 Å². The van der Waals surface area contributed by atoms with Crippen LogP contribution in [-0.4, -0.2) is 19.1 Å². The van der Waals surface area contributed by atoms with Crippen molar-refractivity contribution in [2.75, 3.05) is 18.9 Å². The summed E-state index contributed by atoms with van der Waals surface area (Å²) in [6.07, 6.45) is 1.40. The second kappa shape index (κ2) is 7.02. The highest BCUT2D eigenvalue weighted by atomic mass is 16.5. The summed E-state index contributed by atoms with van der Waals surface area (Å²) in [4.78, 5) is 11.6. The third kappa shape index (κ3) is 6.13. The van der Waals surface area contributed by atoms with Crippen LogP contribution in [0.15, 0.2) is 24.3 Å². The van der Waals surface area contributed by atoms with Gasteiger partial charge in [-0.1, -0.05) is 20.8 Å². The maximum atomic E-state index is 11.6. The van der Waals surface area contributed by atoms with Gasteiger partial charge in [-0.15, -0.1) is 0 Å². The zero-order chi connectivity index (χ0) is 14.3. The number of nitrogens with one attached hydrogen (secondary N) is 1. The Hall–Kier alpha value is -1.71. The first kappa shape index (κ1) is 15.3. The Morgan fingerprint density at radius 2 is 1.95 bits per heavy atom. The molecule has 1 amide bonds. The van der Waals surface area contributed by atoms with E-state index in [0.717, 1.165) is 12.2 Å². The fraction of sp³-hybridized carbons (Fsp3) is 0.533. The molecule has 0 fully saturated rings. The SMILES string of the molecule is CCC(C)(C)CNC(=O)CCOc1ccc(N)cc1. The quantitative estimate of drug-likeness (QED) is 0.744. The van der Waals surface area contributed by atoms with E-state index in [0.29, 0.717) is 25.3 Å². The van der Waals surface area contributed by atoms with Crippen LogP contribution >= 0.6 is 0 Å². The number of rotatable bonds is 7. The summed E-state index contributed by atoms with van der Waals surface area (Å²) in [5, 5.41) is 2.93. The van der Waals surface area contributed by atoms with Crippen LogP contribution in [-0.2, 0) is 4.79 Å². The minimum atomic E-state index is 0.0250. The molecule has 0 unspecified atom stereocenters. The molecule has 0 aromatic heterocycles. The zero-order valence-corrected chi connectivity index (χ0v) is 12.0. The van der Waals surface area contributed by atoms with E-state index in [2.05, 4.69) is 26.1 Å². The average molecular weight is 264 g/mol. The lowest BCUT2D eigenvalue weighted by molar-refractivity contribution is -0.122. The maximum absolute atomic E-state index is 11.6. The summed E-state index contributed by atoms with van der Waals surface area (Å²) in [6, 6.07) is 7.15. The van der Waals surface area contributed by atoms with Crippen LogP contribution in [0.2, 0.25) is 0 Å². The number of hydrogen-bond donors (Lipinski definition) is 2. The molecule has 4 heteroatoms. The lowest BCUT2D eigenvalue weighted by Gasteiger charge is -2.22. The molecule has 1 aromatic carbocycles. The molecule has 106 valence electrons. The standard InChI is InChI=1S/C15H24N2O2/c1-4-15(2,3)11-17-14(18)9-10-19-13-7-5-12(16)6-8-13/h5-8H,4,9-11,16H2,1-3H3,(H,17,18). The van der Waals surface area contributed by atoms with Gasteiger partial charge in [-0.05, 0) is 36.1 Å². The highest BCUT2D eigenvalue weighted by Gasteiger charge is 2.15. The molecule has 0 radical (unpaired) electrons. The van der Waals surface area contributed by atoms with Crippen molar-refractivity contribution in [2.45, 2.75) is 33.6 Å². The monoisotopic (exact) mass is 264 g/mol. The molecule has 0 spiro atoms. The topological polar surface area (TPSA) is 64.3 Å². The largest absolute Gasteiger partial charge is 0.493 e. The van der Waals surface area contributed by atoms with E-state index >= 15 is 0 Å².